The molecule has 3 aromatic rings. The summed E-state index contributed by atoms with van der Waals surface area (Å²) in [6.07, 6.45) is 0. The summed E-state index contributed by atoms with van der Waals surface area (Å²) in [6.45, 7) is 3.43. The highest BCUT2D eigenvalue weighted by molar-refractivity contribution is 6.32. The Labute approximate surface area is 165 Å². The lowest BCUT2D eigenvalue weighted by Crippen LogP contribution is -2.31. The third-order valence-corrected chi connectivity index (χ3v) is 4.66. The number of fused-ring (bicyclic) bond motifs is 1. The first-order chi connectivity index (χ1) is 12.8. The lowest BCUT2D eigenvalue weighted by atomic mass is 10.1. The van der Waals surface area contributed by atoms with Crippen molar-refractivity contribution in [1.82, 2.24) is 5.32 Å². The van der Waals surface area contributed by atoms with Crippen LogP contribution in [0.25, 0.3) is 11.0 Å². The van der Waals surface area contributed by atoms with Crippen molar-refractivity contribution in [3.63, 3.8) is 0 Å². The highest BCUT2D eigenvalue weighted by Crippen LogP contribution is 2.31. The number of ether oxygens (including phenoxy) is 1. The molecule has 1 unspecified atom stereocenters. The summed E-state index contributed by atoms with van der Waals surface area (Å²) in [7, 11) is 0. The van der Waals surface area contributed by atoms with Gasteiger partial charge in [-0.2, -0.15) is 0 Å². The summed E-state index contributed by atoms with van der Waals surface area (Å²) in [5.74, 6) is -0.0356. The minimum absolute atomic E-state index is 0.203. The highest BCUT2D eigenvalue weighted by atomic mass is 35.5. The summed E-state index contributed by atoms with van der Waals surface area (Å²) in [5.41, 5.74) is 1.58. The van der Waals surface area contributed by atoms with Crippen LogP contribution in [0, 0.1) is 6.92 Å². The van der Waals surface area contributed by atoms with E-state index in [4.69, 9.17) is 32.4 Å². The first-order valence-electron chi connectivity index (χ1n) is 8.25. The maximum atomic E-state index is 12.2. The van der Waals surface area contributed by atoms with E-state index in [0.29, 0.717) is 21.0 Å². The van der Waals surface area contributed by atoms with Crippen LogP contribution in [-0.2, 0) is 4.79 Å². The summed E-state index contributed by atoms with van der Waals surface area (Å²) < 4.78 is 10.7. The zero-order chi connectivity index (χ0) is 19.6. The van der Waals surface area contributed by atoms with Crippen molar-refractivity contribution in [3.8, 4) is 5.75 Å². The average Bonchev–Trinajstić information content (AvgIpc) is 2.61. The van der Waals surface area contributed by atoms with Crippen molar-refractivity contribution in [2.75, 3.05) is 6.61 Å². The molecule has 1 amide bonds. The second kappa shape index (κ2) is 8.03. The molecule has 7 heteroatoms. The largest absolute Gasteiger partial charge is 0.482 e. The van der Waals surface area contributed by atoms with Gasteiger partial charge in [-0.1, -0.05) is 35.3 Å². The maximum absolute atomic E-state index is 12.2. The van der Waals surface area contributed by atoms with Crippen molar-refractivity contribution >= 4 is 40.1 Å². The molecule has 2 aromatic carbocycles. The van der Waals surface area contributed by atoms with Crippen molar-refractivity contribution < 1.29 is 13.9 Å². The number of aryl methyl sites for hydroxylation is 1. The van der Waals surface area contributed by atoms with E-state index in [0.717, 1.165) is 11.1 Å². The van der Waals surface area contributed by atoms with Crippen LogP contribution in [0.1, 0.15) is 24.1 Å². The van der Waals surface area contributed by atoms with Gasteiger partial charge in [0, 0.05) is 22.5 Å². The summed E-state index contributed by atoms with van der Waals surface area (Å²) in [5, 5.41) is 4.52. The second-order valence-corrected chi connectivity index (χ2v) is 7.00. The number of halogens is 2. The number of amides is 1. The predicted octanol–water partition coefficient (Wildman–Crippen LogP) is 4.66. The minimum atomic E-state index is -0.456. The Kier molecular flexibility index (Phi) is 5.73. The van der Waals surface area contributed by atoms with Gasteiger partial charge in [-0.3, -0.25) is 4.79 Å². The molecule has 27 heavy (non-hydrogen) atoms. The van der Waals surface area contributed by atoms with Gasteiger partial charge in [-0.25, -0.2) is 4.79 Å². The first kappa shape index (κ1) is 19.3. The number of benzene rings is 2. The maximum Gasteiger partial charge on any atom is 0.336 e. The fraction of sp³-hybridized carbons (Fsp3) is 0.200. The van der Waals surface area contributed by atoms with Crippen LogP contribution in [0.15, 0.2) is 51.7 Å². The quantitative estimate of drug-likeness (QED) is 0.626. The molecule has 0 fully saturated rings. The normalized spacial score (nSPS) is 12.0. The molecule has 1 heterocycles. The number of rotatable bonds is 5. The molecule has 0 aliphatic carbocycles. The van der Waals surface area contributed by atoms with Crippen molar-refractivity contribution in [3.05, 3.63) is 74.1 Å². The highest BCUT2D eigenvalue weighted by Gasteiger charge is 2.13. The van der Waals surface area contributed by atoms with Gasteiger partial charge >= 0.3 is 5.63 Å². The molecule has 0 aliphatic heterocycles. The van der Waals surface area contributed by atoms with Gasteiger partial charge in [0.25, 0.3) is 5.91 Å². The van der Waals surface area contributed by atoms with Gasteiger partial charge in [-0.05, 0) is 43.2 Å². The van der Waals surface area contributed by atoms with E-state index in [-0.39, 0.29) is 24.3 Å². The number of hydrogen-bond donors (Lipinski definition) is 1. The van der Waals surface area contributed by atoms with Crippen LogP contribution in [0.4, 0.5) is 0 Å². The van der Waals surface area contributed by atoms with Crippen molar-refractivity contribution in [2.24, 2.45) is 0 Å². The van der Waals surface area contributed by atoms with Crippen LogP contribution >= 0.6 is 23.2 Å². The molecule has 1 N–H and O–H groups in total. The third-order valence-electron chi connectivity index (χ3n) is 4.11. The minimum Gasteiger partial charge on any atom is -0.482 e. The third kappa shape index (κ3) is 4.62. The van der Waals surface area contributed by atoms with Crippen LogP contribution < -0.4 is 15.7 Å². The molecular formula is C20H17Cl2NO4. The van der Waals surface area contributed by atoms with E-state index in [2.05, 4.69) is 5.32 Å². The SMILES string of the molecule is Cc1cc(=O)oc2cc(OCC(=O)NC(C)c3ccc(Cl)cc3)c(Cl)cc12. The molecule has 1 aromatic heterocycles. The molecule has 5 nitrogen and oxygen atoms in total. The topological polar surface area (TPSA) is 68.5 Å². The van der Waals surface area contributed by atoms with Crippen LogP contribution in [0.2, 0.25) is 10.0 Å². The van der Waals surface area contributed by atoms with Gasteiger partial charge in [0.2, 0.25) is 0 Å². The van der Waals surface area contributed by atoms with E-state index in [1.807, 2.05) is 19.1 Å². The van der Waals surface area contributed by atoms with Gasteiger partial charge in [0.15, 0.2) is 6.61 Å². The number of nitrogens with one attached hydrogen (secondary N) is 1. The smallest absolute Gasteiger partial charge is 0.336 e. The molecule has 0 aliphatic rings. The lowest BCUT2D eigenvalue weighted by Gasteiger charge is -2.15. The molecule has 0 radical (unpaired) electrons. The molecule has 1 atom stereocenters. The van der Waals surface area contributed by atoms with Gasteiger partial charge < -0.3 is 14.5 Å². The van der Waals surface area contributed by atoms with Gasteiger partial charge in [0.05, 0.1) is 11.1 Å². The van der Waals surface area contributed by atoms with Crippen molar-refractivity contribution in [2.45, 2.75) is 19.9 Å². The Morgan fingerprint density at radius 3 is 2.59 bits per heavy atom. The molecule has 0 bridgehead atoms. The fourth-order valence-electron chi connectivity index (χ4n) is 2.69. The number of carbonyl (C=O) groups is 1. The number of hydrogen-bond acceptors (Lipinski definition) is 4. The number of carbonyl (C=O) groups excluding carboxylic acids is 1. The standard InChI is InChI=1S/C20H17Cl2NO4/c1-11-7-20(25)27-17-9-18(16(22)8-15(11)17)26-10-19(24)23-12(2)13-3-5-14(21)6-4-13/h3-9,12H,10H2,1-2H3,(H,23,24). The lowest BCUT2D eigenvalue weighted by molar-refractivity contribution is -0.123. The van der Waals surface area contributed by atoms with E-state index in [9.17, 15) is 9.59 Å². The zero-order valence-corrected chi connectivity index (χ0v) is 16.2. The Bertz CT molecular complexity index is 1040. The van der Waals surface area contributed by atoms with Crippen LogP contribution in [0.5, 0.6) is 5.75 Å². The van der Waals surface area contributed by atoms with Gasteiger partial charge in [-0.15, -0.1) is 0 Å². The zero-order valence-electron chi connectivity index (χ0n) is 14.7. The Morgan fingerprint density at radius 1 is 1.19 bits per heavy atom. The first-order valence-corrected chi connectivity index (χ1v) is 9.00. The summed E-state index contributed by atoms with van der Waals surface area (Å²) >= 11 is 12.1. The molecule has 0 saturated carbocycles. The van der Waals surface area contributed by atoms with Gasteiger partial charge in [0.1, 0.15) is 11.3 Å². The van der Waals surface area contributed by atoms with E-state index in [1.54, 1.807) is 25.1 Å². The van der Waals surface area contributed by atoms with E-state index in [1.165, 1.54) is 12.1 Å². The van der Waals surface area contributed by atoms with Crippen LogP contribution in [0.3, 0.4) is 0 Å². The van der Waals surface area contributed by atoms with E-state index < -0.39 is 5.63 Å². The monoisotopic (exact) mass is 405 g/mol. The molecule has 0 saturated heterocycles. The Morgan fingerprint density at radius 2 is 1.89 bits per heavy atom. The Balaban J connectivity index is 1.68. The molecular weight excluding hydrogens is 389 g/mol. The van der Waals surface area contributed by atoms with E-state index >= 15 is 0 Å². The molecule has 3 rings (SSSR count). The van der Waals surface area contributed by atoms with Crippen LogP contribution in [-0.4, -0.2) is 12.5 Å². The molecule has 140 valence electrons. The summed E-state index contributed by atoms with van der Waals surface area (Å²) in [4.78, 5) is 23.7. The fourth-order valence-corrected chi connectivity index (χ4v) is 3.04. The van der Waals surface area contributed by atoms with Crippen molar-refractivity contribution in [1.29, 1.82) is 0 Å². The predicted molar refractivity (Wildman–Crippen MR) is 106 cm³/mol. The summed E-state index contributed by atoms with van der Waals surface area (Å²) in [6, 6.07) is 11.6. The average molecular weight is 406 g/mol. The molecule has 0 spiro atoms. The Hall–Kier alpha value is -2.50. The second-order valence-electron chi connectivity index (χ2n) is 6.16.